The molecular formula is C28H30N4O3S. The van der Waals surface area contributed by atoms with E-state index in [0.717, 1.165) is 52.7 Å². The van der Waals surface area contributed by atoms with Crippen LogP contribution in [0.5, 0.6) is 0 Å². The summed E-state index contributed by atoms with van der Waals surface area (Å²) in [4.78, 5) is 29.5. The Morgan fingerprint density at radius 2 is 2.00 bits per heavy atom. The molecule has 1 N–H and O–H groups in total. The lowest BCUT2D eigenvalue weighted by molar-refractivity contribution is -0.122. The van der Waals surface area contributed by atoms with Crippen LogP contribution in [-0.2, 0) is 20.9 Å². The third-order valence-electron chi connectivity index (χ3n) is 6.99. The van der Waals surface area contributed by atoms with Gasteiger partial charge in [-0.15, -0.1) is 0 Å². The first kappa shape index (κ1) is 24.2. The molecule has 2 fully saturated rings. The van der Waals surface area contributed by atoms with E-state index in [2.05, 4.69) is 5.32 Å². The van der Waals surface area contributed by atoms with Crippen LogP contribution in [0.3, 0.4) is 0 Å². The number of amides is 2. The topological polar surface area (TPSA) is 66.8 Å². The number of ether oxygens (including phenoxy) is 1. The summed E-state index contributed by atoms with van der Waals surface area (Å²) in [6.45, 7) is 5.54. The summed E-state index contributed by atoms with van der Waals surface area (Å²) in [6, 6.07) is 13.8. The first-order valence-corrected chi connectivity index (χ1v) is 12.6. The van der Waals surface area contributed by atoms with E-state index in [-0.39, 0.29) is 24.5 Å². The summed E-state index contributed by atoms with van der Waals surface area (Å²) in [5.41, 5.74) is 5.30. The fourth-order valence-corrected chi connectivity index (χ4v) is 5.05. The van der Waals surface area contributed by atoms with E-state index >= 15 is 0 Å². The number of rotatable bonds is 6. The number of hydrogen-bond acceptors (Lipinski definition) is 4. The molecule has 2 amide bonds. The number of nitrogens with one attached hydrogen (secondary N) is 1. The van der Waals surface area contributed by atoms with Crippen LogP contribution in [0.4, 0.5) is 5.69 Å². The van der Waals surface area contributed by atoms with Crippen molar-refractivity contribution in [3.05, 3.63) is 71.0 Å². The number of fused-ring (bicyclic) bond motifs is 1. The average Bonchev–Trinajstić information content (AvgIpc) is 3.56. The fourth-order valence-electron chi connectivity index (χ4n) is 4.76. The van der Waals surface area contributed by atoms with Crippen LogP contribution in [0.1, 0.15) is 29.5 Å². The van der Waals surface area contributed by atoms with E-state index in [9.17, 15) is 9.59 Å². The van der Waals surface area contributed by atoms with E-state index in [1.807, 2.05) is 80.2 Å². The predicted octanol–water partition coefficient (Wildman–Crippen LogP) is 4.16. The van der Waals surface area contributed by atoms with Crippen molar-refractivity contribution in [2.24, 2.45) is 0 Å². The molecule has 2 aliphatic rings. The monoisotopic (exact) mass is 502 g/mol. The normalized spacial score (nSPS) is 19.2. The lowest BCUT2D eigenvalue weighted by atomic mass is 10.1. The first-order chi connectivity index (χ1) is 17.3. The molecule has 0 spiro atoms. The molecule has 5 rings (SSSR count). The van der Waals surface area contributed by atoms with E-state index in [1.165, 1.54) is 0 Å². The Kier molecular flexibility index (Phi) is 6.64. The third-order valence-corrected chi connectivity index (χ3v) is 7.44. The number of aryl methyl sites for hydroxylation is 2. The smallest absolute Gasteiger partial charge is 0.281 e. The number of nitrogens with zero attached hydrogens (tertiary/aromatic N) is 3. The van der Waals surface area contributed by atoms with Crippen LogP contribution < -0.4 is 10.2 Å². The zero-order valence-electron chi connectivity index (χ0n) is 20.8. The summed E-state index contributed by atoms with van der Waals surface area (Å²) in [5.74, 6) is -0.237. The van der Waals surface area contributed by atoms with Crippen LogP contribution in [0, 0.1) is 13.8 Å². The van der Waals surface area contributed by atoms with Gasteiger partial charge in [-0.3, -0.25) is 14.5 Å². The molecule has 2 aromatic carbocycles. The van der Waals surface area contributed by atoms with E-state index < -0.39 is 0 Å². The minimum absolute atomic E-state index is 0.0680. The van der Waals surface area contributed by atoms with E-state index in [0.29, 0.717) is 17.4 Å². The number of anilines is 1. The Labute approximate surface area is 216 Å². The Bertz CT molecular complexity index is 1390. The molecule has 0 unspecified atom stereocenters. The van der Waals surface area contributed by atoms with Crippen molar-refractivity contribution in [1.29, 1.82) is 0 Å². The lowest BCUT2D eigenvalue weighted by Crippen LogP contribution is -2.34. The summed E-state index contributed by atoms with van der Waals surface area (Å²) < 4.78 is 7.53. The van der Waals surface area contributed by atoms with Gasteiger partial charge in [0.15, 0.2) is 5.11 Å². The van der Waals surface area contributed by atoms with Crippen LogP contribution in [0.25, 0.3) is 17.0 Å². The van der Waals surface area contributed by atoms with Gasteiger partial charge in [0, 0.05) is 42.9 Å². The van der Waals surface area contributed by atoms with Gasteiger partial charge in [0.2, 0.25) is 5.91 Å². The molecular weight excluding hydrogens is 472 g/mol. The zero-order valence-corrected chi connectivity index (χ0v) is 21.6. The second-order valence-electron chi connectivity index (χ2n) is 9.45. The molecule has 0 aliphatic carbocycles. The minimum atomic E-state index is -0.170. The quantitative estimate of drug-likeness (QED) is 0.405. The molecule has 3 aromatic rings. The first-order valence-electron chi connectivity index (χ1n) is 12.2. The molecule has 36 heavy (non-hydrogen) atoms. The van der Waals surface area contributed by atoms with Crippen LogP contribution in [-0.4, -0.2) is 52.7 Å². The van der Waals surface area contributed by atoms with Crippen molar-refractivity contribution in [1.82, 2.24) is 14.8 Å². The highest BCUT2D eigenvalue weighted by molar-refractivity contribution is 7.80. The molecule has 2 aliphatic heterocycles. The maximum absolute atomic E-state index is 13.5. The molecule has 0 bridgehead atoms. The summed E-state index contributed by atoms with van der Waals surface area (Å²) in [5, 5.41) is 4.39. The van der Waals surface area contributed by atoms with Crippen molar-refractivity contribution < 1.29 is 14.3 Å². The second-order valence-corrected chi connectivity index (χ2v) is 9.81. The highest BCUT2D eigenvalue weighted by Crippen LogP contribution is 2.31. The van der Waals surface area contributed by atoms with E-state index in [1.54, 1.807) is 9.80 Å². The molecule has 0 radical (unpaired) electrons. The number of aromatic nitrogens is 1. The number of likely N-dealkylation sites (N-methyl/N-ethyl adjacent to an activating group) is 1. The highest BCUT2D eigenvalue weighted by Gasteiger charge is 2.37. The lowest BCUT2D eigenvalue weighted by Gasteiger charge is -2.17. The van der Waals surface area contributed by atoms with Gasteiger partial charge in [-0.1, -0.05) is 24.3 Å². The van der Waals surface area contributed by atoms with E-state index in [4.69, 9.17) is 17.0 Å². The van der Waals surface area contributed by atoms with Gasteiger partial charge in [0.25, 0.3) is 5.91 Å². The van der Waals surface area contributed by atoms with Gasteiger partial charge in [-0.2, -0.15) is 0 Å². The van der Waals surface area contributed by atoms with Gasteiger partial charge >= 0.3 is 0 Å². The van der Waals surface area contributed by atoms with Gasteiger partial charge < -0.3 is 19.5 Å². The standard InChI is InChI=1S/C28H30N4O3S/c1-18-10-11-21(13-19(18)2)32-27(34)25(30(3)28(32)36)14-20-16-31(24-9-5-4-8-23(20)24)17-26(33)29-15-22-7-6-12-35-22/h4-5,8-11,13-14,16,22H,6-7,12,15,17H2,1-3H3,(H,29,33)/b25-14-/t22-/m0/s1. The van der Waals surface area contributed by atoms with Gasteiger partial charge in [-0.05, 0) is 74.3 Å². The molecule has 8 heteroatoms. The molecule has 3 heterocycles. The molecule has 7 nitrogen and oxygen atoms in total. The van der Waals surface area contributed by atoms with Crippen molar-refractivity contribution >= 4 is 51.8 Å². The van der Waals surface area contributed by atoms with Crippen molar-refractivity contribution in [3.63, 3.8) is 0 Å². The molecule has 1 atom stereocenters. The SMILES string of the molecule is Cc1ccc(N2C(=O)/C(=C/c3cn(CC(=O)NC[C@@H]4CCCO4)c4ccccc34)N(C)C2=S)cc1C. The highest BCUT2D eigenvalue weighted by atomic mass is 32.1. The largest absolute Gasteiger partial charge is 0.376 e. The van der Waals surface area contributed by atoms with Crippen molar-refractivity contribution in [3.8, 4) is 0 Å². The maximum atomic E-state index is 13.5. The third kappa shape index (κ3) is 4.54. The Morgan fingerprint density at radius 1 is 1.19 bits per heavy atom. The summed E-state index contributed by atoms with van der Waals surface area (Å²) in [7, 11) is 1.81. The predicted molar refractivity (Wildman–Crippen MR) is 146 cm³/mol. The average molecular weight is 503 g/mol. The summed E-state index contributed by atoms with van der Waals surface area (Å²) in [6.07, 6.45) is 5.90. The Balaban J connectivity index is 1.43. The Hall–Kier alpha value is -3.49. The van der Waals surface area contributed by atoms with Crippen LogP contribution in [0.15, 0.2) is 54.4 Å². The van der Waals surface area contributed by atoms with Crippen molar-refractivity contribution in [2.45, 2.75) is 39.3 Å². The van der Waals surface area contributed by atoms with Gasteiger partial charge in [-0.25, -0.2) is 0 Å². The number of carbonyl (C=O) groups is 2. The van der Waals surface area contributed by atoms with Crippen LogP contribution >= 0.6 is 12.2 Å². The number of carbonyl (C=O) groups excluding carboxylic acids is 2. The second kappa shape index (κ2) is 9.87. The van der Waals surface area contributed by atoms with Crippen molar-refractivity contribution in [2.75, 3.05) is 25.1 Å². The molecule has 186 valence electrons. The Morgan fingerprint density at radius 3 is 2.75 bits per heavy atom. The molecule has 2 saturated heterocycles. The van der Waals surface area contributed by atoms with Gasteiger partial charge in [0.1, 0.15) is 12.2 Å². The molecule has 1 aromatic heterocycles. The van der Waals surface area contributed by atoms with Gasteiger partial charge in [0.05, 0.1) is 11.8 Å². The number of thiocarbonyl (C=S) groups is 1. The maximum Gasteiger partial charge on any atom is 0.281 e. The number of para-hydroxylation sites is 1. The van der Waals surface area contributed by atoms with Crippen LogP contribution in [0.2, 0.25) is 0 Å². The summed E-state index contributed by atoms with van der Waals surface area (Å²) >= 11 is 5.65. The zero-order chi connectivity index (χ0) is 25.4. The minimum Gasteiger partial charge on any atom is -0.376 e. The number of hydrogen-bond donors (Lipinski definition) is 1. The fraction of sp³-hybridized carbons (Fsp3) is 0.321. The molecule has 0 saturated carbocycles. The number of benzene rings is 2.